The second kappa shape index (κ2) is 7.45. The maximum atomic E-state index is 13.0. The van der Waals surface area contributed by atoms with Gasteiger partial charge >= 0.3 is 6.18 Å². The van der Waals surface area contributed by atoms with Crippen molar-refractivity contribution < 1.29 is 22.3 Å². The van der Waals surface area contributed by atoms with Crippen molar-refractivity contribution in [1.82, 2.24) is 5.32 Å². The molecule has 19 heavy (non-hydrogen) atoms. The van der Waals surface area contributed by atoms with E-state index in [0.29, 0.717) is 25.3 Å². The molecule has 1 N–H and O–H groups in total. The molecule has 6 heteroatoms. The zero-order valence-electron chi connectivity index (χ0n) is 10.7. The molecular weight excluding hydrogens is 262 g/mol. The molecule has 0 fully saturated rings. The van der Waals surface area contributed by atoms with Gasteiger partial charge in [0.25, 0.3) is 0 Å². The Morgan fingerprint density at radius 2 is 2.00 bits per heavy atom. The van der Waals surface area contributed by atoms with Crippen LogP contribution < -0.4 is 5.32 Å². The van der Waals surface area contributed by atoms with Gasteiger partial charge in [0.2, 0.25) is 0 Å². The molecule has 0 bridgehead atoms. The molecule has 108 valence electrons. The van der Waals surface area contributed by atoms with Crippen LogP contribution in [-0.4, -0.2) is 19.8 Å². The van der Waals surface area contributed by atoms with Gasteiger partial charge in [-0.05, 0) is 37.6 Å². The van der Waals surface area contributed by atoms with Crippen molar-refractivity contribution in [3.8, 4) is 0 Å². The highest BCUT2D eigenvalue weighted by atomic mass is 19.4. The molecule has 0 aliphatic carbocycles. The number of hydrogen-bond acceptors (Lipinski definition) is 2. The normalized spacial score (nSPS) is 11.8. The predicted octanol–water partition coefficient (Wildman–Crippen LogP) is 3.36. The summed E-state index contributed by atoms with van der Waals surface area (Å²) in [5.41, 5.74) is -0.814. The van der Waals surface area contributed by atoms with Crippen LogP contribution in [0.2, 0.25) is 0 Å². The molecule has 0 amide bonds. The largest absolute Gasteiger partial charge is 0.419 e. The molecule has 1 aromatic rings. The first kappa shape index (κ1) is 15.9. The quantitative estimate of drug-likeness (QED) is 0.610. The van der Waals surface area contributed by atoms with Gasteiger partial charge in [-0.3, -0.25) is 0 Å². The Hall–Kier alpha value is -1.14. The number of halogens is 4. The lowest BCUT2D eigenvalue weighted by Crippen LogP contribution is -2.17. The Labute approximate surface area is 109 Å². The molecule has 2 nitrogen and oxygen atoms in total. The van der Waals surface area contributed by atoms with Crippen LogP contribution in [0.1, 0.15) is 24.5 Å². The van der Waals surface area contributed by atoms with E-state index in [1.54, 1.807) is 0 Å². The second-order valence-corrected chi connectivity index (χ2v) is 4.04. The molecule has 0 saturated heterocycles. The van der Waals surface area contributed by atoms with Crippen LogP contribution in [0.5, 0.6) is 0 Å². The smallest absolute Gasteiger partial charge is 0.382 e. The van der Waals surface area contributed by atoms with Crippen molar-refractivity contribution in [2.24, 2.45) is 0 Å². The summed E-state index contributed by atoms with van der Waals surface area (Å²) in [6.07, 6.45) is -3.88. The van der Waals surface area contributed by atoms with E-state index < -0.39 is 17.6 Å². The Balaban J connectivity index is 2.47. The third-order valence-corrected chi connectivity index (χ3v) is 2.51. The van der Waals surface area contributed by atoms with Crippen LogP contribution in [-0.2, 0) is 17.5 Å². The topological polar surface area (TPSA) is 21.3 Å². The Morgan fingerprint density at radius 1 is 1.26 bits per heavy atom. The van der Waals surface area contributed by atoms with E-state index in [1.165, 1.54) is 6.07 Å². The van der Waals surface area contributed by atoms with Gasteiger partial charge in [0.15, 0.2) is 0 Å². The highest BCUT2D eigenvalue weighted by molar-refractivity contribution is 5.27. The van der Waals surface area contributed by atoms with Gasteiger partial charge in [-0.25, -0.2) is 4.39 Å². The van der Waals surface area contributed by atoms with Crippen molar-refractivity contribution in [3.63, 3.8) is 0 Å². The maximum Gasteiger partial charge on any atom is 0.419 e. The summed E-state index contributed by atoms with van der Waals surface area (Å²) in [4.78, 5) is 0. The third-order valence-electron chi connectivity index (χ3n) is 2.51. The fourth-order valence-electron chi connectivity index (χ4n) is 1.58. The highest BCUT2D eigenvalue weighted by Gasteiger charge is 2.34. The Morgan fingerprint density at radius 3 is 2.63 bits per heavy atom. The lowest BCUT2D eigenvalue weighted by atomic mass is 10.1. The highest BCUT2D eigenvalue weighted by Crippen LogP contribution is 2.31. The van der Waals surface area contributed by atoms with Gasteiger partial charge in [-0.2, -0.15) is 13.2 Å². The van der Waals surface area contributed by atoms with Gasteiger partial charge in [-0.1, -0.05) is 6.07 Å². The second-order valence-electron chi connectivity index (χ2n) is 4.04. The molecule has 1 rings (SSSR count). The van der Waals surface area contributed by atoms with E-state index in [0.717, 1.165) is 18.6 Å². The van der Waals surface area contributed by atoms with Gasteiger partial charge in [0.1, 0.15) is 5.82 Å². The van der Waals surface area contributed by atoms with E-state index >= 15 is 0 Å². The van der Waals surface area contributed by atoms with Gasteiger partial charge < -0.3 is 10.1 Å². The fourth-order valence-corrected chi connectivity index (χ4v) is 1.58. The lowest BCUT2D eigenvalue weighted by molar-refractivity contribution is -0.140. The number of nitrogens with one attached hydrogen (secondary N) is 1. The Kier molecular flexibility index (Phi) is 6.24. The average Bonchev–Trinajstić information content (AvgIpc) is 2.34. The molecule has 0 aliphatic heterocycles. The van der Waals surface area contributed by atoms with E-state index in [4.69, 9.17) is 4.74 Å². The number of alkyl halides is 3. The van der Waals surface area contributed by atoms with Crippen LogP contribution in [0.15, 0.2) is 18.2 Å². The van der Waals surface area contributed by atoms with Gasteiger partial charge in [-0.15, -0.1) is 0 Å². The average molecular weight is 279 g/mol. The number of hydrogen-bond donors (Lipinski definition) is 1. The van der Waals surface area contributed by atoms with E-state index in [1.807, 2.05) is 6.92 Å². The maximum absolute atomic E-state index is 13.0. The monoisotopic (exact) mass is 279 g/mol. The number of ether oxygens (including phenoxy) is 1. The molecule has 1 aromatic carbocycles. The molecule has 0 spiro atoms. The lowest BCUT2D eigenvalue weighted by Gasteiger charge is -2.10. The number of benzene rings is 1. The van der Waals surface area contributed by atoms with Gasteiger partial charge in [0.05, 0.1) is 5.56 Å². The summed E-state index contributed by atoms with van der Waals surface area (Å²) >= 11 is 0. The van der Waals surface area contributed by atoms with E-state index in [-0.39, 0.29) is 6.54 Å². The van der Waals surface area contributed by atoms with E-state index in [2.05, 4.69) is 5.32 Å². The molecular formula is C13H17F4NO. The van der Waals surface area contributed by atoms with Crippen LogP contribution in [0.25, 0.3) is 0 Å². The van der Waals surface area contributed by atoms with Crippen molar-refractivity contribution in [3.05, 3.63) is 35.1 Å². The predicted molar refractivity (Wildman–Crippen MR) is 64.2 cm³/mol. The zero-order valence-corrected chi connectivity index (χ0v) is 10.7. The van der Waals surface area contributed by atoms with Crippen LogP contribution in [0, 0.1) is 5.82 Å². The summed E-state index contributed by atoms with van der Waals surface area (Å²) in [5.74, 6) is -1.24. The van der Waals surface area contributed by atoms with Gasteiger partial charge in [0, 0.05) is 19.8 Å². The fraction of sp³-hybridized carbons (Fsp3) is 0.538. The molecule has 0 saturated carbocycles. The summed E-state index contributed by atoms with van der Waals surface area (Å²) in [6.45, 7) is 4.06. The van der Waals surface area contributed by atoms with E-state index in [9.17, 15) is 17.6 Å². The first-order valence-electron chi connectivity index (χ1n) is 6.09. The molecule has 0 atom stereocenters. The van der Waals surface area contributed by atoms with Crippen LogP contribution in [0.3, 0.4) is 0 Å². The first-order valence-corrected chi connectivity index (χ1v) is 6.09. The minimum Gasteiger partial charge on any atom is -0.382 e. The van der Waals surface area contributed by atoms with Crippen molar-refractivity contribution >= 4 is 0 Å². The van der Waals surface area contributed by atoms with Crippen LogP contribution in [0.4, 0.5) is 17.6 Å². The minimum absolute atomic E-state index is 0.273. The summed E-state index contributed by atoms with van der Waals surface area (Å²) < 4.78 is 55.6. The van der Waals surface area contributed by atoms with Crippen molar-refractivity contribution in [2.45, 2.75) is 26.1 Å². The third kappa shape index (κ3) is 5.57. The molecule has 0 aliphatic rings. The Bertz CT molecular complexity index is 393. The molecule has 0 aromatic heterocycles. The minimum atomic E-state index is -4.66. The standard InChI is InChI=1S/C13H17F4NO/c1-2-19-7-3-6-18-9-10-4-5-12(14)11(8-10)13(15,16)17/h4-5,8,18H,2-3,6-7,9H2,1H3. The first-order chi connectivity index (χ1) is 8.95. The summed E-state index contributed by atoms with van der Waals surface area (Å²) in [5, 5.41) is 2.99. The molecule has 0 heterocycles. The summed E-state index contributed by atoms with van der Waals surface area (Å²) in [7, 11) is 0. The van der Waals surface area contributed by atoms with Crippen LogP contribution >= 0.6 is 0 Å². The van der Waals surface area contributed by atoms with Crippen molar-refractivity contribution in [2.75, 3.05) is 19.8 Å². The SMILES string of the molecule is CCOCCCNCc1ccc(F)c(C(F)(F)F)c1. The molecule has 0 radical (unpaired) electrons. The number of rotatable bonds is 7. The summed E-state index contributed by atoms with van der Waals surface area (Å²) in [6, 6.07) is 3.03. The van der Waals surface area contributed by atoms with Crippen molar-refractivity contribution in [1.29, 1.82) is 0 Å². The zero-order chi connectivity index (χ0) is 14.3. The molecule has 0 unspecified atom stereocenters.